The van der Waals surface area contributed by atoms with Crippen molar-refractivity contribution >= 4 is 17.0 Å². The third-order valence-corrected chi connectivity index (χ3v) is 4.27. The maximum Gasteiger partial charge on any atom is 0.201 e. The van der Waals surface area contributed by atoms with Gasteiger partial charge < -0.3 is 10.3 Å². The molecule has 102 valence electrons. The summed E-state index contributed by atoms with van der Waals surface area (Å²) in [4.78, 5) is 4.35. The summed E-state index contributed by atoms with van der Waals surface area (Å²) in [7, 11) is 0. The normalized spacial score (nSPS) is 24.5. The Morgan fingerprint density at radius 3 is 2.95 bits per heavy atom. The Balaban J connectivity index is 2.03. The summed E-state index contributed by atoms with van der Waals surface area (Å²) in [6.45, 7) is 2.30. The lowest BCUT2D eigenvalue weighted by atomic mass is 10.0. The lowest BCUT2D eigenvalue weighted by molar-refractivity contribution is 0.445. The van der Waals surface area contributed by atoms with Crippen LogP contribution in [0.15, 0.2) is 18.2 Å². The molecule has 0 radical (unpaired) electrons. The number of hydrogen-bond donors (Lipinski definition) is 1. The number of nitrogens with zero attached hydrogens (tertiary/aromatic N) is 2. The van der Waals surface area contributed by atoms with Crippen LogP contribution in [0.1, 0.15) is 45.1 Å². The van der Waals surface area contributed by atoms with Gasteiger partial charge in [-0.2, -0.15) is 0 Å². The van der Waals surface area contributed by atoms with Crippen LogP contribution in [0.3, 0.4) is 0 Å². The topological polar surface area (TPSA) is 43.8 Å². The fourth-order valence-corrected chi connectivity index (χ4v) is 3.19. The Morgan fingerprint density at radius 1 is 1.26 bits per heavy atom. The van der Waals surface area contributed by atoms with Crippen molar-refractivity contribution < 1.29 is 4.39 Å². The van der Waals surface area contributed by atoms with Gasteiger partial charge in [-0.1, -0.05) is 19.8 Å². The van der Waals surface area contributed by atoms with Gasteiger partial charge in [0, 0.05) is 6.04 Å². The quantitative estimate of drug-likeness (QED) is 0.791. The first-order valence-corrected chi connectivity index (χ1v) is 7.08. The first kappa shape index (κ1) is 12.5. The summed E-state index contributed by atoms with van der Waals surface area (Å²) in [5, 5.41) is 0. The molecule has 1 saturated carbocycles. The summed E-state index contributed by atoms with van der Waals surface area (Å²) in [5.74, 6) is 1.06. The van der Waals surface area contributed by atoms with Crippen LogP contribution in [0.5, 0.6) is 0 Å². The van der Waals surface area contributed by atoms with E-state index >= 15 is 0 Å². The maximum absolute atomic E-state index is 13.5. The van der Waals surface area contributed by atoms with Gasteiger partial charge in [0.15, 0.2) is 0 Å². The van der Waals surface area contributed by atoms with Crippen LogP contribution in [-0.2, 0) is 0 Å². The molecule has 1 aromatic carbocycles. The van der Waals surface area contributed by atoms with Crippen LogP contribution in [-0.4, -0.2) is 9.55 Å². The van der Waals surface area contributed by atoms with Gasteiger partial charge in [-0.3, -0.25) is 0 Å². The van der Waals surface area contributed by atoms with Crippen molar-refractivity contribution in [1.82, 2.24) is 9.55 Å². The fourth-order valence-electron chi connectivity index (χ4n) is 3.19. The van der Waals surface area contributed by atoms with Crippen LogP contribution >= 0.6 is 0 Å². The van der Waals surface area contributed by atoms with Gasteiger partial charge in [-0.15, -0.1) is 0 Å². The molecule has 4 heteroatoms. The van der Waals surface area contributed by atoms with E-state index in [0.717, 1.165) is 29.8 Å². The summed E-state index contributed by atoms with van der Waals surface area (Å²) in [5.41, 5.74) is 7.67. The van der Waals surface area contributed by atoms with Gasteiger partial charge in [0.1, 0.15) is 5.82 Å². The second-order valence-corrected chi connectivity index (χ2v) is 5.74. The van der Waals surface area contributed by atoms with E-state index in [1.54, 1.807) is 12.1 Å². The highest BCUT2D eigenvalue weighted by atomic mass is 19.1. The van der Waals surface area contributed by atoms with E-state index in [2.05, 4.69) is 11.9 Å². The van der Waals surface area contributed by atoms with Gasteiger partial charge in [0.2, 0.25) is 5.95 Å². The van der Waals surface area contributed by atoms with Crippen molar-refractivity contribution in [2.45, 2.75) is 45.1 Å². The zero-order valence-corrected chi connectivity index (χ0v) is 11.3. The van der Waals surface area contributed by atoms with Crippen LogP contribution in [0.4, 0.5) is 10.3 Å². The predicted octanol–water partition coefficient (Wildman–Crippen LogP) is 3.90. The average Bonchev–Trinajstić information content (AvgIpc) is 2.55. The summed E-state index contributed by atoms with van der Waals surface area (Å²) in [6, 6.07) is 5.05. The van der Waals surface area contributed by atoms with E-state index in [0.29, 0.717) is 12.0 Å². The molecule has 3 rings (SSSR count). The van der Waals surface area contributed by atoms with Crippen molar-refractivity contribution in [3.8, 4) is 0 Å². The molecule has 0 bridgehead atoms. The molecular weight excluding hydrogens is 241 g/mol. The number of nitrogen functional groups attached to an aromatic ring is 1. The van der Waals surface area contributed by atoms with Crippen molar-refractivity contribution in [3.05, 3.63) is 24.0 Å². The van der Waals surface area contributed by atoms with Crippen LogP contribution in [0.25, 0.3) is 11.0 Å². The zero-order valence-electron chi connectivity index (χ0n) is 11.3. The molecule has 1 aromatic heterocycles. The Kier molecular flexibility index (Phi) is 3.17. The Bertz CT molecular complexity index is 590. The Labute approximate surface area is 112 Å². The number of fused-ring (bicyclic) bond motifs is 1. The third-order valence-electron chi connectivity index (χ3n) is 4.27. The van der Waals surface area contributed by atoms with Gasteiger partial charge in [0.05, 0.1) is 11.0 Å². The summed E-state index contributed by atoms with van der Waals surface area (Å²) < 4.78 is 15.5. The van der Waals surface area contributed by atoms with Gasteiger partial charge in [-0.25, -0.2) is 9.37 Å². The monoisotopic (exact) mass is 261 g/mol. The molecule has 1 aliphatic carbocycles. The molecule has 19 heavy (non-hydrogen) atoms. The molecule has 1 aliphatic rings. The van der Waals surface area contributed by atoms with Gasteiger partial charge in [-0.05, 0) is 43.4 Å². The lowest BCUT2D eigenvalue weighted by Gasteiger charge is -2.18. The van der Waals surface area contributed by atoms with E-state index < -0.39 is 0 Å². The number of imidazole rings is 1. The first-order chi connectivity index (χ1) is 9.15. The maximum atomic E-state index is 13.5. The fraction of sp³-hybridized carbons (Fsp3) is 0.533. The van der Waals surface area contributed by atoms with Crippen LogP contribution < -0.4 is 5.73 Å². The molecule has 0 saturated heterocycles. The summed E-state index contributed by atoms with van der Waals surface area (Å²) in [6.07, 6.45) is 5.90. The predicted molar refractivity (Wildman–Crippen MR) is 75.4 cm³/mol. The minimum absolute atomic E-state index is 0.226. The molecule has 2 atom stereocenters. The largest absolute Gasteiger partial charge is 0.369 e. The molecule has 2 aromatic rings. The highest BCUT2D eigenvalue weighted by Crippen LogP contribution is 2.34. The smallest absolute Gasteiger partial charge is 0.201 e. The Morgan fingerprint density at radius 2 is 2.11 bits per heavy atom. The molecule has 2 N–H and O–H groups in total. The van der Waals surface area contributed by atoms with Crippen molar-refractivity contribution in [2.24, 2.45) is 5.92 Å². The number of hydrogen-bond acceptors (Lipinski definition) is 2. The van der Waals surface area contributed by atoms with Crippen molar-refractivity contribution in [3.63, 3.8) is 0 Å². The number of rotatable bonds is 1. The highest BCUT2D eigenvalue weighted by molar-refractivity contribution is 5.78. The zero-order chi connectivity index (χ0) is 13.4. The second kappa shape index (κ2) is 4.83. The molecule has 0 amide bonds. The molecule has 1 fully saturated rings. The number of aromatic nitrogens is 2. The van der Waals surface area contributed by atoms with Crippen molar-refractivity contribution in [1.29, 1.82) is 0 Å². The van der Waals surface area contributed by atoms with Crippen LogP contribution in [0, 0.1) is 11.7 Å². The van der Waals surface area contributed by atoms with Crippen molar-refractivity contribution in [2.75, 3.05) is 5.73 Å². The number of benzene rings is 1. The molecule has 3 nitrogen and oxygen atoms in total. The third kappa shape index (κ3) is 2.31. The first-order valence-electron chi connectivity index (χ1n) is 7.08. The van der Waals surface area contributed by atoms with E-state index in [9.17, 15) is 4.39 Å². The molecule has 0 spiro atoms. The van der Waals surface area contributed by atoms with Gasteiger partial charge >= 0.3 is 0 Å². The van der Waals surface area contributed by atoms with E-state index in [4.69, 9.17) is 5.73 Å². The minimum Gasteiger partial charge on any atom is -0.369 e. The minimum atomic E-state index is -0.226. The number of halogens is 1. The molecule has 1 heterocycles. The Hall–Kier alpha value is -1.58. The SMILES string of the molecule is CC1CCCC(n2c(N)nc3ccc(F)cc32)CC1. The molecule has 2 unspecified atom stereocenters. The second-order valence-electron chi connectivity index (χ2n) is 5.74. The van der Waals surface area contributed by atoms with E-state index in [1.807, 2.05) is 4.57 Å². The molecule has 0 aliphatic heterocycles. The van der Waals surface area contributed by atoms with E-state index in [-0.39, 0.29) is 5.82 Å². The molecular formula is C15H20FN3. The standard InChI is InChI=1S/C15H20FN3/c1-10-3-2-4-12(7-5-10)19-14-9-11(16)6-8-13(14)18-15(19)17/h6,8-10,12H,2-5,7H2,1H3,(H2,17,18). The highest BCUT2D eigenvalue weighted by Gasteiger charge is 2.21. The number of anilines is 1. The number of nitrogens with two attached hydrogens (primary N) is 1. The summed E-state index contributed by atoms with van der Waals surface area (Å²) >= 11 is 0. The lowest BCUT2D eigenvalue weighted by Crippen LogP contribution is -2.11. The van der Waals surface area contributed by atoms with Crippen LogP contribution in [0.2, 0.25) is 0 Å². The van der Waals surface area contributed by atoms with E-state index in [1.165, 1.54) is 25.3 Å². The average molecular weight is 261 g/mol. The van der Waals surface area contributed by atoms with Gasteiger partial charge in [0.25, 0.3) is 0 Å².